The number of hydrogen-bond acceptors (Lipinski definition) is 4. The molecule has 0 spiro atoms. The number of nitrogens with one attached hydrogen (secondary N) is 1. The molecule has 1 N–H and O–H groups in total. The number of hydrogen-bond donors (Lipinski definition) is 1. The third-order valence-corrected chi connectivity index (χ3v) is 3.42. The minimum Gasteiger partial charge on any atom is -0.494 e. The van der Waals surface area contributed by atoms with Gasteiger partial charge in [0.1, 0.15) is 5.75 Å². The van der Waals surface area contributed by atoms with E-state index in [1.54, 1.807) is 0 Å². The Morgan fingerprint density at radius 2 is 2.10 bits per heavy atom. The molecule has 0 aliphatic rings. The molecule has 0 saturated carbocycles. The molecule has 0 bridgehead atoms. The second-order valence-electron chi connectivity index (χ2n) is 5.20. The summed E-state index contributed by atoms with van der Waals surface area (Å²) in [6.45, 7) is 9.51. The van der Waals surface area contributed by atoms with Crippen molar-refractivity contribution in [2.24, 2.45) is 0 Å². The Bertz CT molecular complexity index is 565. The lowest BCUT2D eigenvalue weighted by molar-refractivity contribution is 0.297. The molecular formula is C16H24N4O. The van der Waals surface area contributed by atoms with E-state index in [1.807, 2.05) is 16.9 Å². The van der Waals surface area contributed by atoms with Crippen LogP contribution in [0.1, 0.15) is 30.2 Å². The molecule has 5 nitrogen and oxygen atoms in total. The van der Waals surface area contributed by atoms with Crippen LogP contribution in [-0.2, 0) is 13.1 Å². The molecule has 0 aliphatic carbocycles. The van der Waals surface area contributed by atoms with Gasteiger partial charge in [0.05, 0.1) is 12.3 Å². The Kier molecular flexibility index (Phi) is 5.75. The molecule has 114 valence electrons. The van der Waals surface area contributed by atoms with Crippen LogP contribution in [-0.4, -0.2) is 28.1 Å². The van der Waals surface area contributed by atoms with Crippen LogP contribution in [0.5, 0.6) is 5.75 Å². The van der Waals surface area contributed by atoms with Gasteiger partial charge in [-0.25, -0.2) is 0 Å². The quantitative estimate of drug-likeness (QED) is 0.758. The minimum absolute atomic E-state index is 0.685. The van der Waals surface area contributed by atoms with Gasteiger partial charge in [-0.05, 0) is 43.7 Å². The molecule has 0 atom stereocenters. The van der Waals surface area contributed by atoms with E-state index in [0.717, 1.165) is 37.5 Å². The molecule has 0 unspecified atom stereocenters. The molecule has 1 aromatic heterocycles. The van der Waals surface area contributed by atoms with Crippen LogP contribution in [0.4, 0.5) is 0 Å². The fourth-order valence-corrected chi connectivity index (χ4v) is 2.00. The first-order valence-corrected chi connectivity index (χ1v) is 7.49. The number of ether oxygens (including phenoxy) is 1. The van der Waals surface area contributed by atoms with Crippen LogP contribution < -0.4 is 10.1 Å². The van der Waals surface area contributed by atoms with Crippen LogP contribution in [0, 0.1) is 13.8 Å². The molecule has 0 amide bonds. The Balaban J connectivity index is 1.71. The molecule has 1 aromatic carbocycles. The summed E-state index contributed by atoms with van der Waals surface area (Å²) in [4.78, 5) is 0. The maximum Gasteiger partial charge on any atom is 0.119 e. The van der Waals surface area contributed by atoms with Crippen molar-refractivity contribution >= 4 is 0 Å². The summed E-state index contributed by atoms with van der Waals surface area (Å²) < 4.78 is 7.63. The van der Waals surface area contributed by atoms with Gasteiger partial charge in [0.2, 0.25) is 0 Å². The molecule has 0 fully saturated rings. The van der Waals surface area contributed by atoms with Crippen molar-refractivity contribution in [3.63, 3.8) is 0 Å². The van der Waals surface area contributed by atoms with Crippen molar-refractivity contribution in [1.82, 2.24) is 20.3 Å². The zero-order valence-corrected chi connectivity index (χ0v) is 13.1. The van der Waals surface area contributed by atoms with Gasteiger partial charge < -0.3 is 10.1 Å². The summed E-state index contributed by atoms with van der Waals surface area (Å²) in [6, 6.07) is 6.20. The highest BCUT2D eigenvalue weighted by Crippen LogP contribution is 2.16. The number of benzene rings is 1. The third kappa shape index (κ3) is 4.86. The van der Waals surface area contributed by atoms with Crippen LogP contribution in [0.15, 0.2) is 24.4 Å². The Hall–Kier alpha value is -1.88. The van der Waals surface area contributed by atoms with Gasteiger partial charge >= 0.3 is 0 Å². The Morgan fingerprint density at radius 1 is 1.24 bits per heavy atom. The van der Waals surface area contributed by atoms with Crippen LogP contribution in [0.3, 0.4) is 0 Å². The first kappa shape index (κ1) is 15.5. The van der Waals surface area contributed by atoms with Crippen molar-refractivity contribution in [1.29, 1.82) is 0 Å². The number of rotatable bonds is 8. The summed E-state index contributed by atoms with van der Waals surface area (Å²) in [5.41, 5.74) is 3.53. The average Bonchev–Trinajstić information content (AvgIpc) is 2.93. The van der Waals surface area contributed by atoms with Crippen molar-refractivity contribution in [2.45, 2.75) is 40.3 Å². The summed E-state index contributed by atoms with van der Waals surface area (Å²) in [5, 5.41) is 11.5. The van der Waals surface area contributed by atoms with Gasteiger partial charge in [-0.15, -0.1) is 5.10 Å². The van der Waals surface area contributed by atoms with Gasteiger partial charge in [-0.2, -0.15) is 0 Å². The fraction of sp³-hybridized carbons (Fsp3) is 0.500. The van der Waals surface area contributed by atoms with E-state index < -0.39 is 0 Å². The highest BCUT2D eigenvalue weighted by Gasteiger charge is 2.01. The molecule has 0 saturated heterocycles. The monoisotopic (exact) mass is 288 g/mol. The van der Waals surface area contributed by atoms with Crippen molar-refractivity contribution in [2.75, 3.05) is 13.2 Å². The first-order valence-electron chi connectivity index (χ1n) is 7.49. The van der Waals surface area contributed by atoms with Gasteiger partial charge in [0.15, 0.2) is 0 Å². The average molecular weight is 288 g/mol. The van der Waals surface area contributed by atoms with E-state index in [1.165, 1.54) is 11.1 Å². The lowest BCUT2D eigenvalue weighted by Gasteiger charge is -2.08. The normalized spacial score (nSPS) is 10.8. The number of nitrogens with zero attached hydrogens (tertiary/aromatic N) is 3. The molecule has 2 rings (SSSR count). The Labute approximate surface area is 126 Å². The van der Waals surface area contributed by atoms with Crippen LogP contribution in [0.25, 0.3) is 0 Å². The van der Waals surface area contributed by atoms with Crippen molar-refractivity contribution in [3.8, 4) is 5.75 Å². The number of aryl methyl sites for hydroxylation is 3. The van der Waals surface area contributed by atoms with Gasteiger partial charge in [-0.1, -0.05) is 18.2 Å². The summed E-state index contributed by atoms with van der Waals surface area (Å²) in [6.07, 6.45) is 2.90. The maximum absolute atomic E-state index is 5.76. The molecule has 21 heavy (non-hydrogen) atoms. The highest BCUT2D eigenvalue weighted by atomic mass is 16.5. The second-order valence-corrected chi connectivity index (χ2v) is 5.20. The van der Waals surface area contributed by atoms with E-state index in [-0.39, 0.29) is 0 Å². The van der Waals surface area contributed by atoms with Crippen molar-refractivity contribution in [3.05, 3.63) is 41.2 Å². The summed E-state index contributed by atoms with van der Waals surface area (Å²) >= 11 is 0. The SMILES string of the molecule is CCNCc1cn(CCCOc2ccc(C)c(C)c2)nn1. The second kappa shape index (κ2) is 7.78. The topological polar surface area (TPSA) is 52.0 Å². The zero-order chi connectivity index (χ0) is 15.1. The predicted octanol–water partition coefficient (Wildman–Crippen LogP) is 2.47. The smallest absolute Gasteiger partial charge is 0.119 e. The van der Waals surface area contributed by atoms with Crippen LogP contribution >= 0.6 is 0 Å². The highest BCUT2D eigenvalue weighted by molar-refractivity contribution is 5.33. The van der Waals surface area contributed by atoms with E-state index >= 15 is 0 Å². The minimum atomic E-state index is 0.685. The molecule has 5 heteroatoms. The van der Waals surface area contributed by atoms with E-state index in [9.17, 15) is 0 Å². The first-order chi connectivity index (χ1) is 10.2. The Morgan fingerprint density at radius 3 is 2.86 bits per heavy atom. The maximum atomic E-state index is 5.76. The largest absolute Gasteiger partial charge is 0.494 e. The summed E-state index contributed by atoms with van der Waals surface area (Å²) in [7, 11) is 0. The van der Waals surface area contributed by atoms with Crippen LogP contribution in [0.2, 0.25) is 0 Å². The van der Waals surface area contributed by atoms with Gasteiger partial charge in [0, 0.05) is 25.7 Å². The lowest BCUT2D eigenvalue weighted by atomic mass is 10.1. The lowest BCUT2D eigenvalue weighted by Crippen LogP contribution is -2.11. The number of aromatic nitrogens is 3. The molecule has 2 aromatic rings. The van der Waals surface area contributed by atoms with E-state index in [2.05, 4.69) is 48.5 Å². The van der Waals surface area contributed by atoms with Gasteiger partial charge in [-0.3, -0.25) is 4.68 Å². The van der Waals surface area contributed by atoms with E-state index in [0.29, 0.717) is 6.61 Å². The zero-order valence-electron chi connectivity index (χ0n) is 13.1. The fourth-order valence-electron chi connectivity index (χ4n) is 2.00. The van der Waals surface area contributed by atoms with E-state index in [4.69, 9.17) is 4.74 Å². The third-order valence-electron chi connectivity index (χ3n) is 3.42. The molecule has 1 heterocycles. The standard InChI is InChI=1S/C16H24N4O/c1-4-17-11-15-12-20(19-18-15)8-5-9-21-16-7-6-13(2)14(3)10-16/h6-7,10,12,17H,4-5,8-9,11H2,1-3H3. The van der Waals surface area contributed by atoms with Gasteiger partial charge in [0.25, 0.3) is 0 Å². The molecular weight excluding hydrogens is 264 g/mol. The summed E-state index contributed by atoms with van der Waals surface area (Å²) in [5.74, 6) is 0.935. The molecule has 0 aliphatic heterocycles. The predicted molar refractivity (Wildman–Crippen MR) is 83.4 cm³/mol. The molecule has 0 radical (unpaired) electrons. The van der Waals surface area contributed by atoms with Crippen molar-refractivity contribution < 1.29 is 4.74 Å².